The second-order valence-corrected chi connectivity index (χ2v) is 6.75. The number of rotatable bonds is 4. The Balaban J connectivity index is 1.73. The summed E-state index contributed by atoms with van der Waals surface area (Å²) in [4.78, 5) is 40.1. The van der Waals surface area contributed by atoms with E-state index in [2.05, 4.69) is 0 Å². The lowest BCUT2D eigenvalue weighted by Crippen LogP contribution is -2.41. The van der Waals surface area contributed by atoms with Crippen molar-refractivity contribution in [2.24, 2.45) is 11.7 Å². The summed E-state index contributed by atoms with van der Waals surface area (Å²) < 4.78 is 0. The molecule has 0 aliphatic carbocycles. The van der Waals surface area contributed by atoms with Crippen molar-refractivity contribution in [3.63, 3.8) is 0 Å². The molecule has 0 radical (unpaired) electrons. The van der Waals surface area contributed by atoms with Crippen LogP contribution in [0.1, 0.15) is 33.6 Å². The van der Waals surface area contributed by atoms with Gasteiger partial charge in [-0.2, -0.15) is 0 Å². The number of carbonyl (C=O) groups is 3. The summed E-state index contributed by atoms with van der Waals surface area (Å²) in [5, 5.41) is 0. The van der Waals surface area contributed by atoms with Crippen molar-refractivity contribution < 1.29 is 14.4 Å². The van der Waals surface area contributed by atoms with E-state index in [-0.39, 0.29) is 23.6 Å². The van der Waals surface area contributed by atoms with Gasteiger partial charge in [-0.05, 0) is 43.2 Å². The van der Waals surface area contributed by atoms with Crippen molar-refractivity contribution in [1.82, 2.24) is 4.90 Å². The molecule has 3 rings (SSSR count). The van der Waals surface area contributed by atoms with Crippen LogP contribution in [0.4, 0.5) is 5.69 Å². The topological polar surface area (TPSA) is 83.7 Å². The number of para-hydroxylation sites is 1. The third kappa shape index (κ3) is 4.16. The molecule has 6 nitrogen and oxygen atoms in total. The number of amides is 3. The van der Waals surface area contributed by atoms with Crippen molar-refractivity contribution in [2.75, 3.05) is 25.0 Å². The summed E-state index contributed by atoms with van der Waals surface area (Å²) in [6, 6.07) is 16.1. The standard InChI is InChI=1S/C21H23N3O3/c1-23(18-8-3-2-4-9-18)20(26)16-6-5-7-17(14-16)21(27)24-12-10-15(11-13-24)19(22)25/h2-9,14-15H,10-13H2,1H3,(H2,22,25). The number of piperidine rings is 1. The highest BCUT2D eigenvalue weighted by atomic mass is 16.2. The van der Waals surface area contributed by atoms with Crippen molar-refractivity contribution in [3.05, 3.63) is 65.7 Å². The maximum Gasteiger partial charge on any atom is 0.258 e. The van der Waals surface area contributed by atoms with Crippen LogP contribution in [0.3, 0.4) is 0 Å². The molecule has 2 aromatic carbocycles. The van der Waals surface area contributed by atoms with Crippen molar-refractivity contribution in [3.8, 4) is 0 Å². The molecule has 6 heteroatoms. The molecule has 3 amide bonds. The average Bonchev–Trinajstić information content (AvgIpc) is 2.73. The van der Waals surface area contributed by atoms with Gasteiger partial charge in [-0.15, -0.1) is 0 Å². The summed E-state index contributed by atoms with van der Waals surface area (Å²) in [7, 11) is 1.71. The van der Waals surface area contributed by atoms with E-state index in [0.29, 0.717) is 37.1 Å². The predicted octanol–water partition coefficient (Wildman–Crippen LogP) is 2.30. The van der Waals surface area contributed by atoms with Crippen molar-refractivity contribution in [2.45, 2.75) is 12.8 Å². The summed E-state index contributed by atoms with van der Waals surface area (Å²) >= 11 is 0. The minimum absolute atomic E-state index is 0.130. The average molecular weight is 365 g/mol. The van der Waals surface area contributed by atoms with Crippen molar-refractivity contribution in [1.29, 1.82) is 0 Å². The van der Waals surface area contributed by atoms with Crippen LogP contribution in [0.25, 0.3) is 0 Å². The molecule has 0 bridgehead atoms. The molecule has 0 saturated carbocycles. The zero-order valence-corrected chi connectivity index (χ0v) is 15.3. The molecular weight excluding hydrogens is 342 g/mol. The van der Waals surface area contributed by atoms with Crippen LogP contribution >= 0.6 is 0 Å². The van der Waals surface area contributed by atoms with E-state index in [9.17, 15) is 14.4 Å². The van der Waals surface area contributed by atoms with Crippen LogP contribution in [0.2, 0.25) is 0 Å². The second-order valence-electron chi connectivity index (χ2n) is 6.75. The number of benzene rings is 2. The Morgan fingerprint density at radius 1 is 0.963 bits per heavy atom. The molecule has 1 aliphatic rings. The third-order valence-corrected chi connectivity index (χ3v) is 4.99. The van der Waals surface area contributed by atoms with Crippen LogP contribution in [-0.4, -0.2) is 42.8 Å². The number of hydrogen-bond donors (Lipinski definition) is 1. The van der Waals surface area contributed by atoms with Gasteiger partial charge in [-0.1, -0.05) is 24.3 Å². The Bertz CT molecular complexity index is 843. The molecule has 27 heavy (non-hydrogen) atoms. The molecule has 1 fully saturated rings. The largest absolute Gasteiger partial charge is 0.369 e. The third-order valence-electron chi connectivity index (χ3n) is 4.99. The van der Waals surface area contributed by atoms with Crippen LogP contribution < -0.4 is 10.6 Å². The number of nitrogens with two attached hydrogens (primary N) is 1. The monoisotopic (exact) mass is 365 g/mol. The number of anilines is 1. The number of nitrogens with zero attached hydrogens (tertiary/aromatic N) is 2. The lowest BCUT2D eigenvalue weighted by Gasteiger charge is -2.30. The SMILES string of the molecule is CN(C(=O)c1cccc(C(=O)N2CCC(C(N)=O)CC2)c1)c1ccccc1. The normalized spacial score (nSPS) is 14.6. The number of hydrogen-bond acceptors (Lipinski definition) is 3. The fraction of sp³-hybridized carbons (Fsp3) is 0.286. The summed E-state index contributed by atoms with van der Waals surface area (Å²) in [6.45, 7) is 0.989. The van der Waals surface area contributed by atoms with E-state index in [0.717, 1.165) is 5.69 Å². The van der Waals surface area contributed by atoms with E-state index >= 15 is 0 Å². The van der Waals surface area contributed by atoms with Gasteiger partial charge in [0.1, 0.15) is 0 Å². The van der Waals surface area contributed by atoms with Gasteiger partial charge in [0.2, 0.25) is 5.91 Å². The van der Waals surface area contributed by atoms with Crippen LogP contribution in [0.5, 0.6) is 0 Å². The molecule has 0 unspecified atom stereocenters. The van der Waals surface area contributed by atoms with E-state index in [1.807, 2.05) is 30.3 Å². The van der Waals surface area contributed by atoms with Gasteiger partial charge in [0.15, 0.2) is 0 Å². The Labute approximate surface area is 158 Å². The van der Waals surface area contributed by atoms with Gasteiger partial charge in [0.05, 0.1) is 0 Å². The molecular formula is C21H23N3O3. The first-order valence-corrected chi connectivity index (χ1v) is 8.99. The maximum atomic E-state index is 12.8. The van der Waals surface area contributed by atoms with Gasteiger partial charge >= 0.3 is 0 Å². The van der Waals surface area contributed by atoms with E-state index in [4.69, 9.17) is 5.73 Å². The minimum Gasteiger partial charge on any atom is -0.369 e. The molecule has 2 N–H and O–H groups in total. The predicted molar refractivity (Wildman–Crippen MR) is 103 cm³/mol. The van der Waals surface area contributed by atoms with E-state index < -0.39 is 0 Å². The van der Waals surface area contributed by atoms with Crippen LogP contribution in [-0.2, 0) is 4.79 Å². The number of carbonyl (C=O) groups excluding carboxylic acids is 3. The number of likely N-dealkylation sites (tertiary alicyclic amines) is 1. The molecule has 0 aromatic heterocycles. The Hall–Kier alpha value is -3.15. The maximum absolute atomic E-state index is 12.8. The first kappa shape index (κ1) is 18.6. The highest BCUT2D eigenvalue weighted by Gasteiger charge is 2.27. The highest BCUT2D eigenvalue weighted by molar-refractivity contribution is 6.07. The number of primary amides is 1. The van der Waals surface area contributed by atoms with Gasteiger partial charge in [-0.3, -0.25) is 14.4 Å². The van der Waals surface area contributed by atoms with Gasteiger partial charge in [0.25, 0.3) is 11.8 Å². The Morgan fingerprint density at radius 2 is 1.59 bits per heavy atom. The molecule has 0 atom stereocenters. The Morgan fingerprint density at radius 3 is 2.22 bits per heavy atom. The molecule has 0 spiro atoms. The van der Waals surface area contributed by atoms with Crippen LogP contribution in [0, 0.1) is 5.92 Å². The molecule has 140 valence electrons. The Kier molecular flexibility index (Phi) is 5.54. The lowest BCUT2D eigenvalue weighted by atomic mass is 9.95. The molecule has 1 saturated heterocycles. The van der Waals surface area contributed by atoms with E-state index in [1.54, 1.807) is 41.1 Å². The van der Waals surface area contributed by atoms with E-state index in [1.165, 1.54) is 0 Å². The van der Waals surface area contributed by atoms with Gasteiger partial charge < -0.3 is 15.5 Å². The lowest BCUT2D eigenvalue weighted by molar-refractivity contribution is -0.123. The van der Waals surface area contributed by atoms with Gasteiger partial charge in [-0.25, -0.2) is 0 Å². The van der Waals surface area contributed by atoms with Gasteiger partial charge in [0, 0.05) is 42.9 Å². The second kappa shape index (κ2) is 8.03. The fourth-order valence-corrected chi connectivity index (χ4v) is 3.30. The van der Waals surface area contributed by atoms with Crippen molar-refractivity contribution >= 4 is 23.4 Å². The smallest absolute Gasteiger partial charge is 0.258 e. The molecule has 1 heterocycles. The quantitative estimate of drug-likeness (QED) is 0.902. The summed E-state index contributed by atoms with van der Waals surface area (Å²) in [5.74, 6) is -0.779. The fourth-order valence-electron chi connectivity index (χ4n) is 3.30. The highest BCUT2D eigenvalue weighted by Crippen LogP contribution is 2.20. The zero-order chi connectivity index (χ0) is 19.4. The summed E-state index contributed by atoms with van der Waals surface area (Å²) in [6.07, 6.45) is 1.16. The molecule has 2 aromatic rings. The molecule has 1 aliphatic heterocycles. The first-order valence-electron chi connectivity index (χ1n) is 8.99. The first-order chi connectivity index (χ1) is 13.0. The zero-order valence-electron chi connectivity index (χ0n) is 15.3. The minimum atomic E-state index is -0.307. The summed E-state index contributed by atoms with van der Waals surface area (Å²) in [5.41, 5.74) is 7.06. The van der Waals surface area contributed by atoms with Crippen LogP contribution in [0.15, 0.2) is 54.6 Å².